The van der Waals surface area contributed by atoms with Gasteiger partial charge >= 0.3 is 0 Å². The van der Waals surface area contributed by atoms with Gasteiger partial charge in [0.15, 0.2) is 0 Å². The molecule has 2 aliphatic rings. The van der Waals surface area contributed by atoms with E-state index in [1.165, 1.54) is 58.7 Å². The van der Waals surface area contributed by atoms with Gasteiger partial charge in [-0.25, -0.2) is 0 Å². The Kier molecular flexibility index (Phi) is 5.49. The smallest absolute Gasteiger partial charge is 0.0113 e. The molecule has 3 nitrogen and oxygen atoms in total. The lowest BCUT2D eigenvalue weighted by Gasteiger charge is -2.45. The molecule has 2 heterocycles. The zero-order chi connectivity index (χ0) is 14.8. The normalized spacial score (nSPS) is 26.6. The molecule has 0 unspecified atom stereocenters. The second-order valence-corrected chi connectivity index (χ2v) is 7.85. The molecule has 0 amide bonds. The lowest BCUT2D eigenvalue weighted by Crippen LogP contribution is -2.53. The fraction of sp³-hybridized carbons (Fsp3) is 1.00. The summed E-state index contributed by atoms with van der Waals surface area (Å²) in [5, 5.41) is 0. The van der Waals surface area contributed by atoms with Crippen LogP contribution in [-0.2, 0) is 0 Å². The molecule has 20 heavy (non-hydrogen) atoms. The third-order valence-electron chi connectivity index (χ3n) is 5.48. The molecule has 0 aromatic carbocycles. The Bertz CT molecular complexity index is 285. The molecule has 0 bridgehead atoms. The molecule has 2 aliphatic heterocycles. The Morgan fingerprint density at radius 2 is 1.20 bits per heavy atom. The number of piperazine rings is 1. The van der Waals surface area contributed by atoms with Crippen LogP contribution in [0.5, 0.6) is 0 Å². The third-order valence-corrected chi connectivity index (χ3v) is 5.48. The second kappa shape index (κ2) is 6.76. The predicted molar refractivity (Wildman–Crippen MR) is 87.2 cm³/mol. The minimum absolute atomic E-state index is 0.547. The van der Waals surface area contributed by atoms with Crippen LogP contribution in [0.4, 0.5) is 0 Å². The van der Waals surface area contributed by atoms with Gasteiger partial charge in [0.05, 0.1) is 0 Å². The average Bonchev–Trinajstić information content (AvgIpc) is 2.39. The molecule has 0 atom stereocenters. The van der Waals surface area contributed by atoms with Crippen molar-refractivity contribution >= 4 is 0 Å². The molecule has 0 aliphatic carbocycles. The van der Waals surface area contributed by atoms with Gasteiger partial charge in [-0.05, 0) is 59.0 Å². The van der Waals surface area contributed by atoms with Crippen molar-refractivity contribution in [2.45, 2.75) is 59.5 Å². The molecule has 2 rings (SSSR count). The van der Waals surface area contributed by atoms with Crippen molar-refractivity contribution in [2.24, 2.45) is 5.41 Å². The van der Waals surface area contributed by atoms with Crippen LogP contribution in [0.25, 0.3) is 0 Å². The summed E-state index contributed by atoms with van der Waals surface area (Å²) in [7, 11) is 0. The highest BCUT2D eigenvalue weighted by molar-refractivity contribution is 4.87. The van der Waals surface area contributed by atoms with E-state index in [1.54, 1.807) is 0 Å². The molecule has 118 valence electrons. The minimum atomic E-state index is 0.547. The maximum Gasteiger partial charge on any atom is 0.0113 e. The van der Waals surface area contributed by atoms with Gasteiger partial charge in [0.2, 0.25) is 0 Å². The second-order valence-electron chi connectivity index (χ2n) is 7.85. The number of nitrogens with zero attached hydrogens (tertiary/aromatic N) is 3. The lowest BCUT2D eigenvalue weighted by molar-refractivity contribution is 0.0349. The summed E-state index contributed by atoms with van der Waals surface area (Å²) in [5.41, 5.74) is 0.547. The summed E-state index contributed by atoms with van der Waals surface area (Å²) < 4.78 is 0. The van der Waals surface area contributed by atoms with Gasteiger partial charge in [-0.1, -0.05) is 6.92 Å². The number of rotatable bonds is 4. The molecule has 0 N–H and O–H groups in total. The van der Waals surface area contributed by atoms with Crippen molar-refractivity contribution in [3.05, 3.63) is 0 Å². The molecule has 0 saturated carbocycles. The first-order valence-electron chi connectivity index (χ1n) is 8.60. The molecular formula is C17H35N3. The Morgan fingerprint density at radius 3 is 1.65 bits per heavy atom. The first-order chi connectivity index (χ1) is 9.39. The maximum atomic E-state index is 2.71. The Balaban J connectivity index is 1.77. The number of piperidine rings is 1. The Hall–Kier alpha value is -0.120. The number of hydrogen-bond donors (Lipinski definition) is 0. The highest BCUT2D eigenvalue weighted by Crippen LogP contribution is 2.32. The summed E-state index contributed by atoms with van der Waals surface area (Å²) in [5.74, 6) is 0. The SMILES string of the molecule is CC(C)N1CCN(CC2(C)CCN(C(C)C)CC2)CC1. The first-order valence-corrected chi connectivity index (χ1v) is 8.60. The fourth-order valence-corrected chi connectivity index (χ4v) is 3.72. The van der Waals surface area contributed by atoms with Gasteiger partial charge in [-0.15, -0.1) is 0 Å². The molecule has 2 fully saturated rings. The Labute approximate surface area is 126 Å². The number of likely N-dealkylation sites (tertiary alicyclic amines) is 1. The highest BCUT2D eigenvalue weighted by atomic mass is 15.3. The van der Waals surface area contributed by atoms with Gasteiger partial charge in [0.1, 0.15) is 0 Å². The van der Waals surface area contributed by atoms with E-state index in [9.17, 15) is 0 Å². The lowest BCUT2D eigenvalue weighted by atomic mass is 9.79. The van der Waals surface area contributed by atoms with E-state index in [0.29, 0.717) is 17.5 Å². The van der Waals surface area contributed by atoms with Gasteiger partial charge < -0.3 is 9.80 Å². The maximum absolute atomic E-state index is 2.71. The molecule has 2 saturated heterocycles. The van der Waals surface area contributed by atoms with Crippen LogP contribution in [0.15, 0.2) is 0 Å². The Morgan fingerprint density at radius 1 is 0.750 bits per heavy atom. The third kappa shape index (κ3) is 4.19. The van der Waals surface area contributed by atoms with Crippen molar-refractivity contribution in [3.8, 4) is 0 Å². The zero-order valence-electron chi connectivity index (χ0n) is 14.4. The van der Waals surface area contributed by atoms with E-state index in [1.807, 2.05) is 0 Å². The molecule has 0 aromatic heterocycles. The molecule has 0 spiro atoms. The molecular weight excluding hydrogens is 246 g/mol. The summed E-state index contributed by atoms with van der Waals surface area (Å²) in [6.45, 7) is 20.7. The van der Waals surface area contributed by atoms with Crippen LogP contribution in [-0.4, -0.2) is 72.6 Å². The fourth-order valence-electron chi connectivity index (χ4n) is 3.72. The molecule has 3 heteroatoms. The molecule has 0 radical (unpaired) electrons. The average molecular weight is 281 g/mol. The van der Waals surface area contributed by atoms with E-state index in [0.717, 1.165) is 0 Å². The van der Waals surface area contributed by atoms with Crippen molar-refractivity contribution in [2.75, 3.05) is 45.8 Å². The van der Waals surface area contributed by atoms with Crippen molar-refractivity contribution in [1.29, 1.82) is 0 Å². The van der Waals surface area contributed by atoms with E-state index < -0.39 is 0 Å². The van der Waals surface area contributed by atoms with E-state index in [-0.39, 0.29) is 0 Å². The zero-order valence-corrected chi connectivity index (χ0v) is 14.4. The highest BCUT2D eigenvalue weighted by Gasteiger charge is 2.33. The van der Waals surface area contributed by atoms with Crippen LogP contribution >= 0.6 is 0 Å². The van der Waals surface area contributed by atoms with Crippen molar-refractivity contribution in [1.82, 2.24) is 14.7 Å². The quantitative estimate of drug-likeness (QED) is 0.784. The summed E-state index contributed by atoms with van der Waals surface area (Å²) in [4.78, 5) is 7.96. The van der Waals surface area contributed by atoms with Crippen molar-refractivity contribution in [3.63, 3.8) is 0 Å². The van der Waals surface area contributed by atoms with Gasteiger partial charge in [0, 0.05) is 44.8 Å². The monoisotopic (exact) mass is 281 g/mol. The van der Waals surface area contributed by atoms with Gasteiger partial charge in [0.25, 0.3) is 0 Å². The van der Waals surface area contributed by atoms with Gasteiger partial charge in [-0.3, -0.25) is 4.90 Å². The van der Waals surface area contributed by atoms with E-state index in [4.69, 9.17) is 0 Å². The summed E-state index contributed by atoms with van der Waals surface area (Å²) in [6, 6.07) is 1.43. The standard InChI is InChI=1S/C17H35N3/c1-15(2)19-8-6-17(5,7-9-19)14-18-10-12-20(13-11-18)16(3)4/h15-16H,6-14H2,1-5H3. The van der Waals surface area contributed by atoms with Crippen LogP contribution in [0, 0.1) is 5.41 Å². The van der Waals surface area contributed by atoms with Crippen LogP contribution in [0.1, 0.15) is 47.5 Å². The summed E-state index contributed by atoms with van der Waals surface area (Å²) in [6.07, 6.45) is 2.74. The van der Waals surface area contributed by atoms with Crippen LogP contribution < -0.4 is 0 Å². The topological polar surface area (TPSA) is 9.72 Å². The number of hydrogen-bond acceptors (Lipinski definition) is 3. The van der Waals surface area contributed by atoms with E-state index in [2.05, 4.69) is 49.3 Å². The van der Waals surface area contributed by atoms with Gasteiger partial charge in [-0.2, -0.15) is 0 Å². The van der Waals surface area contributed by atoms with Crippen molar-refractivity contribution < 1.29 is 0 Å². The predicted octanol–water partition coefficient (Wildman–Crippen LogP) is 2.52. The largest absolute Gasteiger partial charge is 0.301 e. The van der Waals surface area contributed by atoms with Crippen LogP contribution in [0.2, 0.25) is 0 Å². The minimum Gasteiger partial charge on any atom is -0.301 e. The first kappa shape index (κ1) is 16.3. The summed E-state index contributed by atoms with van der Waals surface area (Å²) >= 11 is 0. The molecule has 0 aromatic rings. The van der Waals surface area contributed by atoms with Crippen LogP contribution in [0.3, 0.4) is 0 Å². The van der Waals surface area contributed by atoms with E-state index >= 15 is 0 Å².